The summed E-state index contributed by atoms with van der Waals surface area (Å²) in [7, 11) is 0. The highest BCUT2D eigenvalue weighted by Gasteiger charge is 2.25. The molecule has 5 nitrogen and oxygen atoms in total. The number of carbonyl (C=O) groups is 2. The summed E-state index contributed by atoms with van der Waals surface area (Å²) in [5, 5.41) is 0. The van der Waals surface area contributed by atoms with Crippen molar-refractivity contribution in [2.75, 3.05) is 6.54 Å². The third-order valence-corrected chi connectivity index (χ3v) is 3.60. The van der Waals surface area contributed by atoms with Gasteiger partial charge >= 0.3 is 0 Å². The topological polar surface area (TPSA) is 75.4 Å². The summed E-state index contributed by atoms with van der Waals surface area (Å²) in [4.78, 5) is 25.1. The van der Waals surface area contributed by atoms with Gasteiger partial charge in [-0.1, -0.05) is 6.92 Å². The van der Waals surface area contributed by atoms with Crippen LogP contribution in [-0.2, 0) is 11.3 Å². The van der Waals surface area contributed by atoms with Gasteiger partial charge in [0, 0.05) is 30.1 Å². The number of rotatable bonds is 3. The fourth-order valence-electron chi connectivity index (χ4n) is 2.42. The lowest BCUT2D eigenvalue weighted by molar-refractivity contribution is -0.138. The van der Waals surface area contributed by atoms with Crippen LogP contribution in [0.2, 0.25) is 0 Å². The van der Waals surface area contributed by atoms with E-state index in [9.17, 15) is 14.0 Å². The molecule has 1 heterocycles. The van der Waals surface area contributed by atoms with Gasteiger partial charge in [-0.25, -0.2) is 10.2 Å². The zero-order valence-corrected chi connectivity index (χ0v) is 11.4. The SMILES string of the molecule is CC1CCCN(Cc2cc(C(=O)NN)ccc2F)C1=O. The Balaban J connectivity index is 2.20. The minimum atomic E-state index is -0.482. The molecule has 108 valence electrons. The van der Waals surface area contributed by atoms with E-state index < -0.39 is 11.7 Å². The van der Waals surface area contributed by atoms with Gasteiger partial charge in [-0.2, -0.15) is 0 Å². The molecule has 3 N–H and O–H groups in total. The molecule has 1 aromatic carbocycles. The van der Waals surface area contributed by atoms with Crippen molar-refractivity contribution >= 4 is 11.8 Å². The van der Waals surface area contributed by atoms with Gasteiger partial charge in [0.1, 0.15) is 5.82 Å². The van der Waals surface area contributed by atoms with Crippen molar-refractivity contribution in [2.24, 2.45) is 11.8 Å². The van der Waals surface area contributed by atoms with Gasteiger partial charge < -0.3 is 4.90 Å². The molecular weight excluding hydrogens is 261 g/mol. The maximum absolute atomic E-state index is 13.8. The molecule has 0 radical (unpaired) electrons. The maximum Gasteiger partial charge on any atom is 0.265 e. The average molecular weight is 279 g/mol. The Bertz CT molecular complexity index is 533. The van der Waals surface area contributed by atoms with Crippen LogP contribution in [0.4, 0.5) is 4.39 Å². The van der Waals surface area contributed by atoms with Crippen LogP contribution in [-0.4, -0.2) is 23.3 Å². The van der Waals surface area contributed by atoms with E-state index in [1.165, 1.54) is 18.2 Å². The monoisotopic (exact) mass is 279 g/mol. The Morgan fingerprint density at radius 1 is 1.55 bits per heavy atom. The molecule has 1 unspecified atom stereocenters. The normalized spacial score (nSPS) is 19.1. The molecule has 1 atom stereocenters. The predicted octanol–water partition coefficient (Wildman–Crippen LogP) is 1.19. The second-order valence-electron chi connectivity index (χ2n) is 5.08. The van der Waals surface area contributed by atoms with E-state index in [0.717, 1.165) is 12.8 Å². The fourth-order valence-corrected chi connectivity index (χ4v) is 2.42. The fraction of sp³-hybridized carbons (Fsp3) is 0.429. The van der Waals surface area contributed by atoms with Gasteiger partial charge in [0.05, 0.1) is 0 Å². The number of amides is 2. The third-order valence-electron chi connectivity index (χ3n) is 3.60. The highest BCUT2D eigenvalue weighted by molar-refractivity contribution is 5.93. The Morgan fingerprint density at radius 3 is 3.00 bits per heavy atom. The van der Waals surface area contributed by atoms with Crippen LogP contribution in [0.25, 0.3) is 0 Å². The van der Waals surface area contributed by atoms with Crippen LogP contribution in [0.3, 0.4) is 0 Å². The number of hydrogen-bond donors (Lipinski definition) is 2. The van der Waals surface area contributed by atoms with Crippen molar-refractivity contribution in [3.05, 3.63) is 35.1 Å². The summed E-state index contributed by atoms with van der Waals surface area (Å²) >= 11 is 0. The Kier molecular flexibility index (Phi) is 4.34. The van der Waals surface area contributed by atoms with Crippen molar-refractivity contribution < 1.29 is 14.0 Å². The van der Waals surface area contributed by atoms with Gasteiger partial charge in [0.25, 0.3) is 5.91 Å². The summed E-state index contributed by atoms with van der Waals surface area (Å²) in [6.07, 6.45) is 1.78. The van der Waals surface area contributed by atoms with Crippen LogP contribution in [0.1, 0.15) is 35.7 Å². The first-order valence-corrected chi connectivity index (χ1v) is 6.61. The Hall–Kier alpha value is -1.95. The van der Waals surface area contributed by atoms with Crippen LogP contribution in [0, 0.1) is 11.7 Å². The number of hydrogen-bond acceptors (Lipinski definition) is 3. The van der Waals surface area contributed by atoms with Crippen molar-refractivity contribution in [3.8, 4) is 0 Å². The number of benzene rings is 1. The number of carbonyl (C=O) groups excluding carboxylic acids is 2. The quantitative estimate of drug-likeness (QED) is 0.496. The predicted molar refractivity (Wildman–Crippen MR) is 71.9 cm³/mol. The summed E-state index contributed by atoms with van der Waals surface area (Å²) < 4.78 is 13.8. The van der Waals surface area contributed by atoms with E-state index in [0.29, 0.717) is 12.1 Å². The number of nitrogens with zero attached hydrogens (tertiary/aromatic N) is 1. The molecule has 0 aromatic heterocycles. The molecule has 1 aromatic rings. The largest absolute Gasteiger partial charge is 0.338 e. The van der Waals surface area contributed by atoms with Gasteiger partial charge in [-0.15, -0.1) is 0 Å². The van der Waals surface area contributed by atoms with Gasteiger partial charge in [0.15, 0.2) is 0 Å². The molecule has 1 saturated heterocycles. The van der Waals surface area contributed by atoms with E-state index >= 15 is 0 Å². The number of nitrogens with two attached hydrogens (primary N) is 1. The van der Waals surface area contributed by atoms with E-state index in [1.54, 1.807) is 4.90 Å². The molecule has 6 heteroatoms. The number of nitrogen functional groups attached to an aromatic ring is 1. The molecule has 0 spiro atoms. The number of likely N-dealkylation sites (tertiary alicyclic amines) is 1. The minimum absolute atomic E-state index is 0.0256. The Morgan fingerprint density at radius 2 is 2.30 bits per heavy atom. The van der Waals surface area contributed by atoms with Crippen molar-refractivity contribution in [3.63, 3.8) is 0 Å². The van der Waals surface area contributed by atoms with E-state index in [1.807, 2.05) is 12.3 Å². The summed E-state index contributed by atoms with van der Waals surface area (Å²) in [6.45, 7) is 2.68. The van der Waals surface area contributed by atoms with Crippen molar-refractivity contribution in [2.45, 2.75) is 26.3 Å². The Labute approximate surface area is 116 Å². The molecular formula is C14H18FN3O2. The number of nitrogens with one attached hydrogen (secondary N) is 1. The van der Waals surface area contributed by atoms with Crippen molar-refractivity contribution in [1.29, 1.82) is 0 Å². The molecule has 0 saturated carbocycles. The first-order chi connectivity index (χ1) is 9.52. The lowest BCUT2D eigenvalue weighted by atomic mass is 9.98. The molecule has 0 aliphatic carbocycles. The third kappa shape index (κ3) is 2.96. The second kappa shape index (κ2) is 6.00. The minimum Gasteiger partial charge on any atom is -0.338 e. The van der Waals surface area contributed by atoms with Crippen LogP contribution in [0.5, 0.6) is 0 Å². The summed E-state index contributed by atoms with van der Waals surface area (Å²) in [5.41, 5.74) is 2.61. The molecule has 2 amide bonds. The number of hydrazine groups is 1. The first kappa shape index (κ1) is 14.5. The lowest BCUT2D eigenvalue weighted by Crippen LogP contribution is -2.39. The maximum atomic E-state index is 13.8. The molecule has 2 rings (SSSR count). The van der Waals surface area contributed by atoms with Crippen molar-refractivity contribution in [1.82, 2.24) is 10.3 Å². The lowest BCUT2D eigenvalue weighted by Gasteiger charge is -2.30. The van der Waals surface area contributed by atoms with E-state index in [-0.39, 0.29) is 23.9 Å². The highest BCUT2D eigenvalue weighted by atomic mass is 19.1. The highest BCUT2D eigenvalue weighted by Crippen LogP contribution is 2.21. The zero-order valence-electron chi connectivity index (χ0n) is 11.4. The molecule has 0 bridgehead atoms. The molecule has 1 aliphatic heterocycles. The van der Waals surface area contributed by atoms with Gasteiger partial charge in [-0.05, 0) is 31.0 Å². The van der Waals surface area contributed by atoms with Crippen LogP contribution >= 0.6 is 0 Å². The second-order valence-corrected chi connectivity index (χ2v) is 5.08. The first-order valence-electron chi connectivity index (χ1n) is 6.61. The average Bonchev–Trinajstić information content (AvgIpc) is 2.45. The number of halogens is 1. The van der Waals surface area contributed by atoms with E-state index in [2.05, 4.69) is 0 Å². The zero-order chi connectivity index (χ0) is 14.7. The summed E-state index contributed by atoms with van der Waals surface area (Å²) in [6, 6.07) is 4.02. The van der Waals surface area contributed by atoms with Gasteiger partial charge in [0.2, 0.25) is 5.91 Å². The molecule has 1 aliphatic rings. The summed E-state index contributed by atoms with van der Waals surface area (Å²) in [5.74, 6) is 4.16. The van der Waals surface area contributed by atoms with E-state index in [4.69, 9.17) is 5.84 Å². The standard InChI is InChI=1S/C14H18FN3O2/c1-9-3-2-6-18(14(9)20)8-11-7-10(13(19)17-16)4-5-12(11)15/h4-5,7,9H,2-3,6,8,16H2,1H3,(H,17,19). The van der Waals surface area contributed by atoms with Crippen LogP contribution in [0.15, 0.2) is 18.2 Å². The molecule has 1 fully saturated rings. The number of piperidine rings is 1. The smallest absolute Gasteiger partial charge is 0.265 e. The molecule has 20 heavy (non-hydrogen) atoms. The van der Waals surface area contributed by atoms with Crippen LogP contribution < -0.4 is 11.3 Å². The van der Waals surface area contributed by atoms with Gasteiger partial charge in [-0.3, -0.25) is 15.0 Å².